The predicted octanol–water partition coefficient (Wildman–Crippen LogP) is 3.97. The molecule has 1 aliphatic carbocycles. The number of morpholine rings is 1. The largest absolute Gasteiger partial charge is 0.371 e. The molecule has 1 aromatic carbocycles. The number of nitrogens with one attached hydrogen (secondary N) is 2. The van der Waals surface area contributed by atoms with E-state index >= 15 is 0 Å². The van der Waals surface area contributed by atoms with E-state index in [2.05, 4.69) is 41.9 Å². The summed E-state index contributed by atoms with van der Waals surface area (Å²) >= 11 is 0. The Hall–Kier alpha value is -3.01. The first-order chi connectivity index (χ1) is 19.2. The number of carbonyl (C=O) groups is 1. The fourth-order valence-corrected chi connectivity index (χ4v) is 6.62. The minimum Gasteiger partial charge on any atom is -0.371 e. The van der Waals surface area contributed by atoms with Gasteiger partial charge in [0.05, 0.1) is 31.8 Å². The van der Waals surface area contributed by atoms with Crippen LogP contribution in [-0.4, -0.2) is 85.0 Å². The van der Waals surface area contributed by atoms with E-state index in [0.717, 1.165) is 61.3 Å². The van der Waals surface area contributed by atoms with Gasteiger partial charge in [-0.1, -0.05) is 31.4 Å². The van der Waals surface area contributed by atoms with E-state index in [9.17, 15) is 4.79 Å². The van der Waals surface area contributed by atoms with Gasteiger partial charge in [0.15, 0.2) is 0 Å². The summed E-state index contributed by atoms with van der Waals surface area (Å²) in [6.45, 7) is 6.27. The van der Waals surface area contributed by atoms with Crippen LogP contribution in [0.25, 0.3) is 0 Å². The highest BCUT2D eigenvalue weighted by Gasteiger charge is 2.42. The maximum absolute atomic E-state index is 13.5. The molecular weight excluding hydrogens is 490 g/mol. The van der Waals surface area contributed by atoms with Crippen molar-refractivity contribution >= 4 is 5.91 Å². The summed E-state index contributed by atoms with van der Waals surface area (Å²) in [5.41, 5.74) is 1.72. The minimum absolute atomic E-state index is 0.113. The first-order valence-electron chi connectivity index (χ1n) is 14.6. The quantitative estimate of drug-likeness (QED) is 0.457. The lowest BCUT2D eigenvalue weighted by Crippen LogP contribution is -2.59. The normalized spacial score (nSPS) is 20.6. The molecule has 3 aromatic rings. The van der Waals surface area contributed by atoms with Gasteiger partial charge in [-0.3, -0.25) is 9.69 Å². The van der Waals surface area contributed by atoms with E-state index in [1.165, 1.54) is 32.1 Å². The zero-order valence-electron chi connectivity index (χ0n) is 22.9. The molecule has 0 atom stereocenters. The number of nitrogens with zero attached hydrogens (tertiary/aromatic N) is 5. The van der Waals surface area contributed by atoms with Crippen LogP contribution in [0.5, 0.6) is 0 Å². The molecule has 1 saturated carbocycles. The molecule has 2 saturated heterocycles. The fraction of sp³-hybridized carbons (Fsp3) is 0.567. The van der Waals surface area contributed by atoms with Crippen molar-refractivity contribution in [2.75, 3.05) is 32.8 Å². The summed E-state index contributed by atoms with van der Waals surface area (Å²) in [5.74, 6) is 1.94. The Labute approximate surface area is 231 Å². The number of aromatic amines is 2. The molecule has 0 radical (unpaired) electrons. The molecule has 0 bridgehead atoms. The van der Waals surface area contributed by atoms with Gasteiger partial charge in [0.2, 0.25) is 0 Å². The summed E-state index contributed by atoms with van der Waals surface area (Å²) in [7, 11) is 0. The van der Waals surface area contributed by atoms with Gasteiger partial charge in [-0.2, -0.15) is 0 Å². The van der Waals surface area contributed by atoms with Crippen LogP contribution in [0.4, 0.5) is 0 Å². The molecule has 4 heterocycles. The van der Waals surface area contributed by atoms with Crippen molar-refractivity contribution < 1.29 is 9.53 Å². The Morgan fingerprint density at radius 3 is 2.21 bits per heavy atom. The number of likely N-dealkylation sites (tertiary alicyclic amines) is 1. The predicted molar refractivity (Wildman–Crippen MR) is 149 cm³/mol. The smallest absolute Gasteiger partial charge is 0.254 e. The van der Waals surface area contributed by atoms with Crippen molar-refractivity contribution in [3.63, 3.8) is 0 Å². The molecule has 2 N–H and O–H groups in total. The third kappa shape index (κ3) is 6.42. The number of hydrogen-bond acceptors (Lipinski definition) is 6. The second-order valence-electron chi connectivity index (χ2n) is 11.5. The molecule has 3 fully saturated rings. The third-order valence-electron chi connectivity index (χ3n) is 8.80. The van der Waals surface area contributed by atoms with E-state index in [4.69, 9.17) is 4.74 Å². The first-order valence-corrected chi connectivity index (χ1v) is 14.6. The average molecular weight is 532 g/mol. The summed E-state index contributed by atoms with van der Waals surface area (Å²) < 4.78 is 6.37. The minimum atomic E-state index is -0.183. The van der Waals surface area contributed by atoms with Gasteiger partial charge in [0.1, 0.15) is 11.6 Å². The van der Waals surface area contributed by atoms with E-state index < -0.39 is 0 Å². The molecule has 1 amide bonds. The molecule has 2 aliphatic heterocycles. The number of hydrogen-bond donors (Lipinski definition) is 2. The van der Waals surface area contributed by atoms with E-state index in [1.54, 1.807) is 12.4 Å². The fourth-order valence-electron chi connectivity index (χ4n) is 6.62. The van der Waals surface area contributed by atoms with Crippen LogP contribution < -0.4 is 0 Å². The standard InChI is InChI=1S/C30H41N7O2/c38-29(37-18-19-39-30(23-37)10-16-36(17-11-30)26-4-2-1-3-5-26)25-8-6-24(7-9-25)20-35(21-27-31-12-13-32-27)22-28-33-14-15-34-28/h6-9,12-15,26H,1-5,10-11,16-23H2,(H,31,32)(H,33,34). The Balaban J connectivity index is 1.06. The second kappa shape index (κ2) is 12.0. The zero-order valence-corrected chi connectivity index (χ0v) is 22.9. The van der Waals surface area contributed by atoms with E-state index in [0.29, 0.717) is 32.8 Å². The van der Waals surface area contributed by atoms with Crippen molar-refractivity contribution in [3.8, 4) is 0 Å². The van der Waals surface area contributed by atoms with Crippen LogP contribution in [0, 0.1) is 0 Å². The number of benzene rings is 1. The summed E-state index contributed by atoms with van der Waals surface area (Å²) in [6.07, 6.45) is 16.1. The van der Waals surface area contributed by atoms with E-state index in [-0.39, 0.29) is 11.5 Å². The number of piperidine rings is 1. The molecule has 9 nitrogen and oxygen atoms in total. The summed E-state index contributed by atoms with van der Waals surface area (Å²) in [5, 5.41) is 0. The molecule has 6 rings (SSSR count). The Bertz CT molecular complexity index is 1130. The van der Waals surface area contributed by atoms with Gasteiger partial charge < -0.3 is 24.5 Å². The number of ether oxygens (including phenoxy) is 1. The van der Waals surface area contributed by atoms with E-state index in [1.807, 2.05) is 29.4 Å². The Morgan fingerprint density at radius 1 is 0.923 bits per heavy atom. The second-order valence-corrected chi connectivity index (χ2v) is 11.5. The van der Waals surface area contributed by atoms with Crippen LogP contribution in [0.2, 0.25) is 0 Å². The van der Waals surface area contributed by atoms with Gasteiger partial charge in [0, 0.05) is 62.6 Å². The Kier molecular flexibility index (Phi) is 8.08. The molecule has 0 unspecified atom stereocenters. The number of aromatic nitrogens is 4. The van der Waals surface area contributed by atoms with Crippen molar-refractivity contribution in [3.05, 3.63) is 71.8 Å². The number of amides is 1. The average Bonchev–Trinajstić information content (AvgIpc) is 3.69. The number of H-pyrrole nitrogens is 2. The van der Waals surface area contributed by atoms with Crippen molar-refractivity contribution in [1.82, 2.24) is 34.6 Å². The monoisotopic (exact) mass is 531 g/mol. The topological polar surface area (TPSA) is 93.4 Å². The highest BCUT2D eigenvalue weighted by atomic mass is 16.5. The van der Waals surface area contributed by atoms with Crippen LogP contribution >= 0.6 is 0 Å². The van der Waals surface area contributed by atoms with Gasteiger partial charge in [-0.25, -0.2) is 9.97 Å². The highest BCUT2D eigenvalue weighted by Crippen LogP contribution is 2.34. The number of imidazole rings is 2. The van der Waals surface area contributed by atoms with Gasteiger partial charge in [-0.05, 0) is 43.4 Å². The molecule has 9 heteroatoms. The van der Waals surface area contributed by atoms with Gasteiger partial charge in [0.25, 0.3) is 5.91 Å². The lowest BCUT2D eigenvalue weighted by molar-refractivity contribution is -0.131. The lowest BCUT2D eigenvalue weighted by atomic mass is 9.86. The molecule has 39 heavy (non-hydrogen) atoms. The van der Waals surface area contributed by atoms with Crippen molar-refractivity contribution in [2.24, 2.45) is 0 Å². The highest BCUT2D eigenvalue weighted by molar-refractivity contribution is 5.94. The van der Waals surface area contributed by atoms with Crippen LogP contribution in [-0.2, 0) is 24.4 Å². The molecule has 1 spiro atoms. The van der Waals surface area contributed by atoms with Gasteiger partial charge >= 0.3 is 0 Å². The Morgan fingerprint density at radius 2 is 1.59 bits per heavy atom. The molecular formula is C30H41N7O2. The lowest BCUT2D eigenvalue weighted by Gasteiger charge is -2.49. The molecule has 3 aliphatic rings. The third-order valence-corrected chi connectivity index (χ3v) is 8.80. The SMILES string of the molecule is O=C(c1ccc(CN(Cc2ncc[nH]2)Cc2ncc[nH]2)cc1)N1CCOC2(CCN(C3CCCCC3)CC2)C1. The maximum atomic E-state index is 13.5. The summed E-state index contributed by atoms with van der Waals surface area (Å²) in [4.78, 5) is 35.7. The van der Waals surface area contributed by atoms with Crippen LogP contribution in [0.3, 0.4) is 0 Å². The summed E-state index contributed by atoms with van der Waals surface area (Å²) in [6, 6.07) is 8.85. The number of carbonyl (C=O) groups excluding carboxylic acids is 1. The van der Waals surface area contributed by atoms with Crippen molar-refractivity contribution in [2.45, 2.75) is 76.2 Å². The van der Waals surface area contributed by atoms with Crippen LogP contribution in [0.15, 0.2) is 49.1 Å². The van der Waals surface area contributed by atoms with Gasteiger partial charge in [-0.15, -0.1) is 0 Å². The first kappa shape index (κ1) is 26.2. The maximum Gasteiger partial charge on any atom is 0.254 e. The van der Waals surface area contributed by atoms with Crippen molar-refractivity contribution in [1.29, 1.82) is 0 Å². The molecule has 208 valence electrons. The zero-order chi connectivity index (χ0) is 26.5. The van der Waals surface area contributed by atoms with Crippen LogP contribution in [0.1, 0.15) is 72.5 Å². The molecule has 2 aromatic heterocycles. The number of rotatable bonds is 8.